The van der Waals surface area contributed by atoms with Crippen molar-refractivity contribution < 1.29 is 4.57 Å². The molecule has 0 fully saturated rings. The van der Waals surface area contributed by atoms with E-state index >= 15 is 0 Å². The summed E-state index contributed by atoms with van der Waals surface area (Å²) < 4.78 is 10.6. The van der Waals surface area contributed by atoms with Crippen LogP contribution in [0.25, 0.3) is 0 Å². The second-order valence-corrected chi connectivity index (χ2v) is 7.17. The van der Waals surface area contributed by atoms with Crippen LogP contribution in [0.3, 0.4) is 0 Å². The van der Waals surface area contributed by atoms with E-state index in [0.29, 0.717) is 12.7 Å². The first-order chi connectivity index (χ1) is 4.06. The molecule has 0 aliphatic heterocycles. The molecule has 0 saturated carbocycles. The summed E-state index contributed by atoms with van der Waals surface area (Å²) in [7, 11) is 0. The van der Waals surface area contributed by atoms with Crippen LogP contribution in [-0.4, -0.2) is 12.7 Å². The summed E-state index contributed by atoms with van der Waals surface area (Å²) in [5.41, 5.74) is 5.18. The number of unbranched alkanes of at least 4 members (excludes halogenated alkanes) is 1. The van der Waals surface area contributed by atoms with Gasteiger partial charge in [-0.2, -0.15) is 0 Å². The van der Waals surface area contributed by atoms with Crippen LogP contribution >= 0.6 is 28.3 Å². The number of hydrogen-bond donors (Lipinski definition) is 1. The predicted octanol–water partition coefficient (Wildman–Crippen LogP) is 2.40. The monoisotopic (exact) mass is 189 g/mol. The van der Waals surface area contributed by atoms with Crippen molar-refractivity contribution in [2.75, 3.05) is 12.7 Å². The van der Waals surface area contributed by atoms with Gasteiger partial charge in [-0.3, -0.25) is 4.57 Å². The molecular formula is C4H10Cl2NOP. The Balaban J connectivity index is 3.18. The Morgan fingerprint density at radius 2 is 1.89 bits per heavy atom. The van der Waals surface area contributed by atoms with Gasteiger partial charge in [-0.25, -0.2) is 0 Å². The first-order valence-corrected chi connectivity index (χ1v) is 6.45. The number of nitrogens with two attached hydrogens (primary N) is 1. The predicted molar refractivity (Wildman–Crippen MR) is 42.5 cm³/mol. The van der Waals surface area contributed by atoms with Gasteiger partial charge in [0.15, 0.2) is 0 Å². The first kappa shape index (κ1) is 9.77. The summed E-state index contributed by atoms with van der Waals surface area (Å²) in [5, 5.41) is 0. The van der Waals surface area contributed by atoms with Gasteiger partial charge in [0.25, 0.3) is 5.85 Å². The van der Waals surface area contributed by atoms with Crippen LogP contribution in [0.2, 0.25) is 0 Å². The molecule has 0 spiro atoms. The molecule has 0 saturated heterocycles. The summed E-state index contributed by atoms with van der Waals surface area (Å²) in [4.78, 5) is 0. The molecule has 0 aromatic carbocycles. The SMILES string of the molecule is NCCCCP(=O)(Cl)Cl. The highest BCUT2D eigenvalue weighted by molar-refractivity contribution is 8.08. The van der Waals surface area contributed by atoms with Crippen LogP contribution in [-0.2, 0) is 4.57 Å². The molecular weight excluding hydrogens is 180 g/mol. The molecule has 0 bridgehead atoms. The summed E-state index contributed by atoms with van der Waals surface area (Å²) >= 11 is 10.5. The molecule has 0 unspecified atom stereocenters. The van der Waals surface area contributed by atoms with Crippen molar-refractivity contribution in [3.63, 3.8) is 0 Å². The Kier molecular flexibility index (Phi) is 4.96. The van der Waals surface area contributed by atoms with E-state index in [0.717, 1.165) is 12.8 Å². The zero-order valence-electron chi connectivity index (χ0n) is 5.02. The fourth-order valence-electron chi connectivity index (χ4n) is 0.440. The second kappa shape index (κ2) is 4.56. The third-order valence-electron chi connectivity index (χ3n) is 0.873. The first-order valence-electron chi connectivity index (χ1n) is 2.75. The largest absolute Gasteiger partial charge is 0.330 e. The summed E-state index contributed by atoms with van der Waals surface area (Å²) in [5.74, 6) is -2.81. The van der Waals surface area contributed by atoms with Gasteiger partial charge in [-0.05, 0) is 41.9 Å². The van der Waals surface area contributed by atoms with E-state index in [1.54, 1.807) is 0 Å². The van der Waals surface area contributed by atoms with Crippen LogP contribution in [0.1, 0.15) is 12.8 Å². The third kappa shape index (κ3) is 8.77. The average molecular weight is 190 g/mol. The minimum absolute atomic E-state index is 0.382. The van der Waals surface area contributed by atoms with Gasteiger partial charge in [0.05, 0.1) is 0 Å². The molecule has 0 heterocycles. The van der Waals surface area contributed by atoms with E-state index in [9.17, 15) is 4.57 Å². The van der Waals surface area contributed by atoms with E-state index in [4.69, 9.17) is 28.2 Å². The van der Waals surface area contributed by atoms with Gasteiger partial charge in [-0.1, -0.05) is 0 Å². The highest BCUT2D eigenvalue weighted by Crippen LogP contribution is 2.56. The zero-order chi connectivity index (χ0) is 7.33. The third-order valence-corrected chi connectivity index (χ3v) is 2.72. The van der Waals surface area contributed by atoms with Crippen molar-refractivity contribution in [2.45, 2.75) is 12.8 Å². The lowest BCUT2D eigenvalue weighted by molar-refractivity contribution is 0.590. The maximum Gasteiger partial charge on any atom is 0.253 e. The fraction of sp³-hybridized carbons (Fsp3) is 1.00. The van der Waals surface area contributed by atoms with Crippen molar-refractivity contribution >= 4 is 28.3 Å². The summed E-state index contributed by atoms with van der Waals surface area (Å²) in [6.07, 6.45) is 1.97. The maximum atomic E-state index is 10.6. The Hall–Kier alpha value is 0.770. The molecule has 0 aliphatic rings. The maximum absolute atomic E-state index is 10.6. The van der Waals surface area contributed by atoms with Gasteiger partial charge in [0.2, 0.25) is 0 Å². The van der Waals surface area contributed by atoms with Crippen molar-refractivity contribution in [2.24, 2.45) is 5.73 Å². The quantitative estimate of drug-likeness (QED) is 0.546. The fourth-order valence-corrected chi connectivity index (χ4v) is 1.75. The van der Waals surface area contributed by atoms with Gasteiger partial charge in [-0.15, -0.1) is 0 Å². The zero-order valence-corrected chi connectivity index (χ0v) is 7.42. The molecule has 0 atom stereocenters. The Morgan fingerprint density at radius 1 is 1.33 bits per heavy atom. The number of rotatable bonds is 4. The van der Waals surface area contributed by atoms with Crippen molar-refractivity contribution in [3.8, 4) is 0 Å². The molecule has 0 rings (SSSR count). The lowest BCUT2D eigenvalue weighted by Crippen LogP contribution is -1.98. The van der Waals surface area contributed by atoms with Gasteiger partial charge >= 0.3 is 0 Å². The number of halogens is 2. The van der Waals surface area contributed by atoms with Crippen molar-refractivity contribution in [1.82, 2.24) is 0 Å². The van der Waals surface area contributed by atoms with E-state index in [2.05, 4.69) is 0 Å². The molecule has 0 aromatic heterocycles. The topological polar surface area (TPSA) is 43.1 Å². The Bertz CT molecular complexity index is 113. The van der Waals surface area contributed by atoms with E-state index < -0.39 is 5.85 Å². The summed E-state index contributed by atoms with van der Waals surface area (Å²) in [6, 6.07) is 0. The lowest BCUT2D eigenvalue weighted by Gasteiger charge is -1.98. The standard InChI is InChI=1S/C4H10Cl2NOP/c5-9(6,8)4-2-1-3-7/h1-4,7H2. The van der Waals surface area contributed by atoms with Gasteiger partial charge in [0.1, 0.15) is 0 Å². The molecule has 9 heavy (non-hydrogen) atoms. The smallest absolute Gasteiger partial charge is 0.253 e. The molecule has 0 aliphatic carbocycles. The van der Waals surface area contributed by atoms with Crippen LogP contribution < -0.4 is 5.73 Å². The highest BCUT2D eigenvalue weighted by atomic mass is 35.9. The van der Waals surface area contributed by atoms with Gasteiger partial charge < -0.3 is 5.73 Å². The molecule has 56 valence electrons. The highest BCUT2D eigenvalue weighted by Gasteiger charge is 2.11. The molecule has 2 nitrogen and oxygen atoms in total. The van der Waals surface area contributed by atoms with Crippen LogP contribution in [0, 0.1) is 0 Å². The average Bonchev–Trinajstić information content (AvgIpc) is 1.63. The Labute approximate surface area is 64.7 Å². The summed E-state index contributed by atoms with van der Waals surface area (Å²) in [6.45, 7) is 0.605. The second-order valence-electron chi connectivity index (χ2n) is 1.79. The van der Waals surface area contributed by atoms with E-state index in [1.807, 2.05) is 0 Å². The molecule has 0 aromatic rings. The van der Waals surface area contributed by atoms with Crippen LogP contribution in [0.5, 0.6) is 0 Å². The van der Waals surface area contributed by atoms with Crippen molar-refractivity contribution in [1.29, 1.82) is 0 Å². The van der Waals surface area contributed by atoms with Gasteiger partial charge in [0, 0.05) is 6.16 Å². The number of hydrogen-bond acceptors (Lipinski definition) is 2. The van der Waals surface area contributed by atoms with E-state index in [1.165, 1.54) is 0 Å². The molecule has 0 radical (unpaired) electrons. The lowest BCUT2D eigenvalue weighted by atomic mass is 10.3. The molecule has 2 N–H and O–H groups in total. The van der Waals surface area contributed by atoms with E-state index in [-0.39, 0.29) is 0 Å². The Morgan fingerprint density at radius 3 is 2.22 bits per heavy atom. The van der Waals surface area contributed by atoms with Crippen LogP contribution in [0.15, 0.2) is 0 Å². The molecule has 0 amide bonds. The van der Waals surface area contributed by atoms with Crippen molar-refractivity contribution in [3.05, 3.63) is 0 Å². The van der Waals surface area contributed by atoms with Crippen LogP contribution in [0.4, 0.5) is 0 Å². The normalized spacial score (nSPS) is 11.9. The molecule has 5 heteroatoms. The minimum Gasteiger partial charge on any atom is -0.330 e. The minimum atomic E-state index is -2.81.